The van der Waals surface area contributed by atoms with Crippen LogP contribution < -0.4 is 5.73 Å². The number of aliphatic carboxylic acids is 2. The molecule has 0 radical (unpaired) electrons. The first kappa shape index (κ1) is 11.0. The first-order valence-electron chi connectivity index (χ1n) is 4.48. The van der Waals surface area contributed by atoms with Gasteiger partial charge in [-0.3, -0.25) is 9.59 Å². The fourth-order valence-electron chi connectivity index (χ4n) is 2.10. The predicted octanol–water partition coefficient (Wildman–Crippen LogP) is 0.289. The summed E-state index contributed by atoms with van der Waals surface area (Å²) in [6, 6.07) is 0. The summed E-state index contributed by atoms with van der Waals surface area (Å²) in [6.07, 6.45) is 0.636. The lowest BCUT2D eigenvalue weighted by Crippen LogP contribution is -2.57. The van der Waals surface area contributed by atoms with Crippen molar-refractivity contribution in [3.8, 4) is 0 Å². The van der Waals surface area contributed by atoms with Crippen molar-refractivity contribution < 1.29 is 19.8 Å². The molecular formula is C9H15NO4. The van der Waals surface area contributed by atoms with Crippen molar-refractivity contribution in [3.63, 3.8) is 0 Å². The summed E-state index contributed by atoms with van der Waals surface area (Å²) in [5.74, 6) is -2.81. The maximum absolute atomic E-state index is 11.0. The van der Waals surface area contributed by atoms with Gasteiger partial charge in [-0.25, -0.2) is 0 Å². The summed E-state index contributed by atoms with van der Waals surface area (Å²) < 4.78 is 0. The smallest absolute Gasteiger partial charge is 0.311 e. The van der Waals surface area contributed by atoms with Gasteiger partial charge in [0.2, 0.25) is 0 Å². The van der Waals surface area contributed by atoms with Crippen LogP contribution >= 0.6 is 0 Å². The van der Waals surface area contributed by atoms with Crippen LogP contribution in [-0.2, 0) is 9.59 Å². The van der Waals surface area contributed by atoms with E-state index in [4.69, 9.17) is 15.9 Å². The average Bonchev–Trinajstić information content (AvgIpc) is 2.24. The summed E-state index contributed by atoms with van der Waals surface area (Å²) in [5.41, 5.74) is 3.51. The zero-order chi connectivity index (χ0) is 11.1. The zero-order valence-electron chi connectivity index (χ0n) is 8.28. The number of carboxylic acids is 2. The van der Waals surface area contributed by atoms with Gasteiger partial charge in [-0.15, -0.1) is 0 Å². The predicted molar refractivity (Wildman–Crippen MR) is 48.7 cm³/mol. The van der Waals surface area contributed by atoms with E-state index in [0.717, 1.165) is 0 Å². The monoisotopic (exact) mass is 201 g/mol. The Morgan fingerprint density at radius 3 is 2.07 bits per heavy atom. The molecule has 5 heteroatoms. The molecule has 3 unspecified atom stereocenters. The van der Waals surface area contributed by atoms with Crippen LogP contribution in [0.5, 0.6) is 0 Å². The van der Waals surface area contributed by atoms with Crippen LogP contribution in [0.3, 0.4) is 0 Å². The van der Waals surface area contributed by atoms with Crippen LogP contribution in [0.1, 0.15) is 26.7 Å². The van der Waals surface area contributed by atoms with Gasteiger partial charge in [-0.2, -0.15) is 0 Å². The molecule has 0 aliphatic heterocycles. The number of rotatable bonds is 2. The van der Waals surface area contributed by atoms with Crippen molar-refractivity contribution in [1.82, 2.24) is 0 Å². The van der Waals surface area contributed by atoms with Crippen LogP contribution in [0, 0.1) is 11.3 Å². The van der Waals surface area contributed by atoms with E-state index in [1.165, 1.54) is 13.8 Å². The number of carbonyl (C=O) groups is 2. The molecule has 0 spiro atoms. The van der Waals surface area contributed by atoms with Gasteiger partial charge < -0.3 is 15.9 Å². The minimum absolute atomic E-state index is 0.312. The van der Waals surface area contributed by atoms with E-state index in [-0.39, 0.29) is 0 Å². The second kappa shape index (κ2) is 2.95. The zero-order valence-corrected chi connectivity index (χ0v) is 8.28. The maximum atomic E-state index is 11.0. The highest BCUT2D eigenvalue weighted by Gasteiger charge is 2.59. The lowest BCUT2D eigenvalue weighted by atomic mass is 9.72. The van der Waals surface area contributed by atoms with E-state index < -0.39 is 28.8 Å². The standard InChI is InChI=1S/C9H15NO4/c1-8(7(13)14)4-3-5(6(11)12)9(8,2)10/h5H,3-4,10H2,1-2H3,(H,11,12)(H,13,14). The fraction of sp³-hybridized carbons (Fsp3) is 0.778. The third-order valence-corrected chi connectivity index (χ3v) is 3.62. The van der Waals surface area contributed by atoms with E-state index in [2.05, 4.69) is 0 Å². The molecule has 0 saturated heterocycles. The normalized spacial score (nSPS) is 42.4. The van der Waals surface area contributed by atoms with Crippen LogP contribution in [0.4, 0.5) is 0 Å². The van der Waals surface area contributed by atoms with Gasteiger partial charge in [-0.1, -0.05) is 0 Å². The Labute approximate surface area is 81.9 Å². The van der Waals surface area contributed by atoms with E-state index in [1.54, 1.807) is 0 Å². The lowest BCUT2D eigenvalue weighted by Gasteiger charge is -2.36. The van der Waals surface area contributed by atoms with Crippen molar-refractivity contribution in [3.05, 3.63) is 0 Å². The number of nitrogens with two attached hydrogens (primary N) is 1. The molecule has 0 bridgehead atoms. The van der Waals surface area contributed by atoms with Crippen LogP contribution in [0.25, 0.3) is 0 Å². The molecule has 1 rings (SSSR count). The van der Waals surface area contributed by atoms with Gasteiger partial charge in [-0.05, 0) is 26.7 Å². The van der Waals surface area contributed by atoms with Crippen molar-refractivity contribution in [2.75, 3.05) is 0 Å². The van der Waals surface area contributed by atoms with Gasteiger partial charge in [0.1, 0.15) is 0 Å². The molecule has 1 saturated carbocycles. The summed E-state index contributed by atoms with van der Waals surface area (Å²) in [5, 5.41) is 17.9. The molecule has 3 atom stereocenters. The first-order valence-corrected chi connectivity index (χ1v) is 4.48. The SMILES string of the molecule is CC1(C(=O)O)CCC(C(=O)O)C1(C)N. The van der Waals surface area contributed by atoms with Crippen LogP contribution in [-0.4, -0.2) is 27.7 Å². The van der Waals surface area contributed by atoms with Gasteiger partial charge in [0.25, 0.3) is 0 Å². The third-order valence-electron chi connectivity index (χ3n) is 3.62. The Morgan fingerprint density at radius 1 is 1.36 bits per heavy atom. The molecule has 0 heterocycles. The van der Waals surface area contributed by atoms with E-state index in [1.807, 2.05) is 0 Å². The van der Waals surface area contributed by atoms with Gasteiger partial charge in [0.15, 0.2) is 0 Å². The molecule has 1 fully saturated rings. The lowest BCUT2D eigenvalue weighted by molar-refractivity contribution is -0.153. The van der Waals surface area contributed by atoms with Crippen molar-refractivity contribution >= 4 is 11.9 Å². The largest absolute Gasteiger partial charge is 0.481 e. The Morgan fingerprint density at radius 2 is 1.86 bits per heavy atom. The van der Waals surface area contributed by atoms with E-state index in [9.17, 15) is 9.59 Å². The maximum Gasteiger partial charge on any atom is 0.311 e. The summed E-state index contributed by atoms with van der Waals surface area (Å²) in [6.45, 7) is 3.02. The highest BCUT2D eigenvalue weighted by atomic mass is 16.4. The Kier molecular flexibility index (Phi) is 2.31. The Balaban J connectivity index is 3.08. The molecule has 0 aromatic rings. The van der Waals surface area contributed by atoms with Gasteiger partial charge >= 0.3 is 11.9 Å². The molecule has 5 nitrogen and oxygen atoms in total. The molecule has 14 heavy (non-hydrogen) atoms. The summed E-state index contributed by atoms with van der Waals surface area (Å²) in [7, 11) is 0. The number of hydrogen-bond acceptors (Lipinski definition) is 3. The topological polar surface area (TPSA) is 101 Å². The molecule has 0 amide bonds. The quantitative estimate of drug-likeness (QED) is 0.596. The highest BCUT2D eigenvalue weighted by molar-refractivity contribution is 5.81. The minimum Gasteiger partial charge on any atom is -0.481 e. The second-order valence-corrected chi connectivity index (χ2v) is 4.35. The second-order valence-electron chi connectivity index (χ2n) is 4.35. The molecule has 0 aromatic carbocycles. The number of hydrogen-bond donors (Lipinski definition) is 3. The van der Waals surface area contributed by atoms with Crippen LogP contribution in [0.15, 0.2) is 0 Å². The Hall–Kier alpha value is -1.10. The van der Waals surface area contributed by atoms with Crippen LogP contribution in [0.2, 0.25) is 0 Å². The molecule has 4 N–H and O–H groups in total. The van der Waals surface area contributed by atoms with Gasteiger partial charge in [0, 0.05) is 5.54 Å². The first-order chi connectivity index (χ1) is 6.23. The summed E-state index contributed by atoms with van der Waals surface area (Å²) in [4.78, 5) is 21.9. The van der Waals surface area contributed by atoms with E-state index >= 15 is 0 Å². The van der Waals surface area contributed by atoms with Crippen molar-refractivity contribution in [2.45, 2.75) is 32.2 Å². The molecule has 1 aliphatic carbocycles. The van der Waals surface area contributed by atoms with E-state index in [0.29, 0.717) is 12.8 Å². The summed E-state index contributed by atoms with van der Waals surface area (Å²) >= 11 is 0. The molecule has 80 valence electrons. The van der Waals surface area contributed by atoms with Gasteiger partial charge in [0.05, 0.1) is 11.3 Å². The highest BCUT2D eigenvalue weighted by Crippen LogP contribution is 2.48. The Bertz CT molecular complexity index is 287. The molecule has 0 aromatic heterocycles. The van der Waals surface area contributed by atoms with Crippen molar-refractivity contribution in [2.24, 2.45) is 17.1 Å². The minimum atomic E-state index is -1.19. The average molecular weight is 201 g/mol. The van der Waals surface area contributed by atoms with Crippen molar-refractivity contribution in [1.29, 1.82) is 0 Å². The number of carboxylic acid groups (broad SMARTS) is 2. The molecular weight excluding hydrogens is 186 g/mol. The molecule has 1 aliphatic rings. The fourth-order valence-corrected chi connectivity index (χ4v) is 2.10. The third kappa shape index (κ3) is 1.19.